The Hall–Kier alpha value is -2.48. The highest BCUT2D eigenvalue weighted by Crippen LogP contribution is 2.22. The zero-order valence-corrected chi connectivity index (χ0v) is 15.4. The normalized spacial score (nSPS) is 15.5. The van der Waals surface area contributed by atoms with Crippen LogP contribution in [0.5, 0.6) is 0 Å². The predicted molar refractivity (Wildman–Crippen MR) is 99.7 cm³/mol. The molecule has 0 aromatic carbocycles. The summed E-state index contributed by atoms with van der Waals surface area (Å²) >= 11 is 1.39. The van der Waals surface area contributed by atoms with Gasteiger partial charge in [0.2, 0.25) is 11.1 Å². The maximum Gasteiger partial charge on any atom is 0.233 e. The van der Waals surface area contributed by atoms with Crippen LogP contribution in [0.2, 0.25) is 0 Å². The number of aromatic nitrogens is 5. The third-order valence-electron chi connectivity index (χ3n) is 4.67. The van der Waals surface area contributed by atoms with Gasteiger partial charge in [-0.25, -0.2) is 0 Å². The van der Waals surface area contributed by atoms with E-state index in [-0.39, 0.29) is 5.91 Å². The molecule has 3 aromatic rings. The molecule has 1 amide bonds. The molecule has 0 atom stereocenters. The van der Waals surface area contributed by atoms with Gasteiger partial charge in [-0.1, -0.05) is 18.7 Å². The molecule has 0 bridgehead atoms. The number of thioether (sulfide) groups is 1. The largest absolute Gasteiger partial charge is 0.342 e. The second-order valence-corrected chi connectivity index (χ2v) is 7.50. The van der Waals surface area contributed by atoms with Crippen LogP contribution in [0.3, 0.4) is 0 Å². The maximum atomic E-state index is 12.4. The second-order valence-electron chi connectivity index (χ2n) is 6.56. The molecule has 0 radical (unpaired) electrons. The highest BCUT2D eigenvalue weighted by molar-refractivity contribution is 7.99. The van der Waals surface area contributed by atoms with Crippen LogP contribution in [0, 0.1) is 5.92 Å². The number of carbonyl (C=O) groups is 1. The smallest absolute Gasteiger partial charge is 0.233 e. The van der Waals surface area contributed by atoms with E-state index in [9.17, 15) is 4.79 Å². The van der Waals surface area contributed by atoms with Gasteiger partial charge in [0.1, 0.15) is 0 Å². The van der Waals surface area contributed by atoms with Crippen molar-refractivity contribution in [3.05, 3.63) is 36.7 Å². The van der Waals surface area contributed by atoms with E-state index in [0.717, 1.165) is 37.2 Å². The maximum absolute atomic E-state index is 12.4. The van der Waals surface area contributed by atoms with E-state index in [1.54, 1.807) is 16.9 Å². The van der Waals surface area contributed by atoms with Gasteiger partial charge in [0, 0.05) is 31.0 Å². The summed E-state index contributed by atoms with van der Waals surface area (Å²) in [5.41, 5.74) is 2.47. The molecule has 1 aliphatic rings. The third kappa shape index (κ3) is 3.55. The van der Waals surface area contributed by atoms with Crippen molar-refractivity contribution in [3.8, 4) is 11.3 Å². The van der Waals surface area contributed by atoms with Gasteiger partial charge in [0.05, 0.1) is 11.4 Å². The summed E-state index contributed by atoms with van der Waals surface area (Å²) in [7, 11) is 0. The summed E-state index contributed by atoms with van der Waals surface area (Å²) in [4.78, 5) is 18.4. The van der Waals surface area contributed by atoms with Gasteiger partial charge in [0.15, 0.2) is 5.65 Å². The number of pyridine rings is 1. The quantitative estimate of drug-likeness (QED) is 0.659. The molecule has 3 aromatic heterocycles. The molecule has 0 aliphatic carbocycles. The van der Waals surface area contributed by atoms with Crippen LogP contribution in [0.25, 0.3) is 16.9 Å². The van der Waals surface area contributed by atoms with E-state index in [0.29, 0.717) is 22.5 Å². The predicted octanol–water partition coefficient (Wildman–Crippen LogP) is 2.54. The molecular weight excluding hydrogens is 348 g/mol. The number of nitrogens with zero attached hydrogens (tertiary/aromatic N) is 6. The van der Waals surface area contributed by atoms with Crippen LogP contribution in [0.15, 0.2) is 41.8 Å². The minimum atomic E-state index is 0.156. The number of likely N-dealkylation sites (tertiary alicyclic amines) is 1. The SMILES string of the molecule is CC1CCN(C(=O)CSc2nnc3ccc(-c4ccncc4)nn23)CC1. The number of hydrogen-bond donors (Lipinski definition) is 0. The second kappa shape index (κ2) is 7.41. The Bertz CT molecular complexity index is 904. The molecule has 1 saturated heterocycles. The fourth-order valence-corrected chi connectivity index (χ4v) is 3.80. The molecule has 0 unspecified atom stereocenters. The molecule has 0 saturated carbocycles. The molecule has 4 rings (SSSR count). The zero-order valence-electron chi connectivity index (χ0n) is 14.6. The van der Waals surface area contributed by atoms with Crippen molar-refractivity contribution in [3.63, 3.8) is 0 Å². The van der Waals surface area contributed by atoms with E-state index >= 15 is 0 Å². The first kappa shape index (κ1) is 17.0. The van der Waals surface area contributed by atoms with Crippen molar-refractivity contribution in [2.75, 3.05) is 18.8 Å². The van der Waals surface area contributed by atoms with Crippen LogP contribution in [-0.2, 0) is 4.79 Å². The lowest BCUT2D eigenvalue weighted by molar-refractivity contribution is -0.129. The minimum Gasteiger partial charge on any atom is -0.342 e. The molecule has 1 aliphatic heterocycles. The van der Waals surface area contributed by atoms with Crippen LogP contribution in [-0.4, -0.2) is 54.4 Å². The molecule has 4 heterocycles. The topological polar surface area (TPSA) is 76.3 Å². The molecule has 26 heavy (non-hydrogen) atoms. The summed E-state index contributed by atoms with van der Waals surface area (Å²) < 4.78 is 1.70. The Morgan fingerprint density at radius 2 is 1.92 bits per heavy atom. The Morgan fingerprint density at radius 3 is 2.69 bits per heavy atom. The summed E-state index contributed by atoms with van der Waals surface area (Å²) in [6, 6.07) is 7.61. The van der Waals surface area contributed by atoms with Gasteiger partial charge in [0.25, 0.3) is 0 Å². The van der Waals surface area contributed by atoms with Crippen LogP contribution < -0.4 is 0 Å². The number of fused-ring (bicyclic) bond motifs is 1. The summed E-state index contributed by atoms with van der Waals surface area (Å²) in [6.07, 6.45) is 5.64. The fourth-order valence-electron chi connectivity index (χ4n) is 3.01. The number of piperidine rings is 1. The molecule has 8 heteroatoms. The van der Waals surface area contributed by atoms with E-state index in [1.165, 1.54) is 11.8 Å². The van der Waals surface area contributed by atoms with Gasteiger partial charge >= 0.3 is 0 Å². The standard InChI is InChI=1S/C18H20N6OS/c1-13-6-10-23(11-7-13)17(25)12-26-18-21-20-16-3-2-15(22-24(16)18)14-4-8-19-9-5-14/h2-5,8-9,13H,6-7,10-12H2,1H3. The van der Waals surface area contributed by atoms with E-state index in [4.69, 9.17) is 0 Å². The molecule has 0 N–H and O–H groups in total. The van der Waals surface area contributed by atoms with Gasteiger partial charge in [-0.05, 0) is 43.0 Å². The number of amides is 1. The van der Waals surface area contributed by atoms with Gasteiger partial charge in [-0.15, -0.1) is 10.2 Å². The van der Waals surface area contributed by atoms with Crippen molar-refractivity contribution in [1.82, 2.24) is 29.7 Å². The third-order valence-corrected chi connectivity index (χ3v) is 5.58. The fraction of sp³-hybridized carbons (Fsp3) is 0.389. The minimum absolute atomic E-state index is 0.156. The average Bonchev–Trinajstić information content (AvgIpc) is 3.09. The van der Waals surface area contributed by atoms with Crippen molar-refractivity contribution in [2.45, 2.75) is 24.9 Å². The highest BCUT2D eigenvalue weighted by Gasteiger charge is 2.21. The van der Waals surface area contributed by atoms with Crippen LogP contribution >= 0.6 is 11.8 Å². The van der Waals surface area contributed by atoms with E-state index < -0.39 is 0 Å². The summed E-state index contributed by atoms with van der Waals surface area (Å²) in [5, 5.41) is 13.6. The lowest BCUT2D eigenvalue weighted by Gasteiger charge is -2.30. The molecule has 134 valence electrons. The Morgan fingerprint density at radius 1 is 1.15 bits per heavy atom. The lowest BCUT2D eigenvalue weighted by atomic mass is 9.99. The number of hydrogen-bond acceptors (Lipinski definition) is 6. The van der Waals surface area contributed by atoms with Crippen molar-refractivity contribution >= 4 is 23.3 Å². The molecule has 0 spiro atoms. The number of carbonyl (C=O) groups excluding carboxylic acids is 1. The van der Waals surface area contributed by atoms with Crippen molar-refractivity contribution in [1.29, 1.82) is 0 Å². The highest BCUT2D eigenvalue weighted by atomic mass is 32.2. The molecular formula is C18H20N6OS. The summed E-state index contributed by atoms with van der Waals surface area (Å²) in [6.45, 7) is 3.95. The lowest BCUT2D eigenvalue weighted by Crippen LogP contribution is -2.38. The van der Waals surface area contributed by atoms with Gasteiger partial charge in [-0.3, -0.25) is 9.78 Å². The molecule has 1 fully saturated rings. The van der Waals surface area contributed by atoms with Crippen molar-refractivity contribution < 1.29 is 4.79 Å². The Balaban J connectivity index is 1.49. The van der Waals surface area contributed by atoms with Gasteiger partial charge in [-0.2, -0.15) is 9.61 Å². The monoisotopic (exact) mass is 368 g/mol. The average molecular weight is 368 g/mol. The first-order valence-corrected chi connectivity index (χ1v) is 9.73. The Labute approximate surface area is 155 Å². The van der Waals surface area contributed by atoms with E-state index in [2.05, 4.69) is 27.2 Å². The van der Waals surface area contributed by atoms with Crippen LogP contribution in [0.1, 0.15) is 19.8 Å². The Kier molecular flexibility index (Phi) is 4.83. The van der Waals surface area contributed by atoms with Gasteiger partial charge < -0.3 is 4.90 Å². The van der Waals surface area contributed by atoms with E-state index in [1.807, 2.05) is 29.2 Å². The first-order valence-electron chi connectivity index (χ1n) is 8.74. The molecule has 7 nitrogen and oxygen atoms in total. The number of rotatable bonds is 4. The van der Waals surface area contributed by atoms with Crippen molar-refractivity contribution in [2.24, 2.45) is 5.92 Å². The van der Waals surface area contributed by atoms with Crippen LogP contribution in [0.4, 0.5) is 0 Å². The summed E-state index contributed by atoms with van der Waals surface area (Å²) in [5.74, 6) is 1.22. The zero-order chi connectivity index (χ0) is 17.9. The first-order chi connectivity index (χ1) is 12.7.